The Labute approximate surface area is 95.5 Å². The molecule has 1 aliphatic rings. The van der Waals surface area contributed by atoms with Crippen molar-refractivity contribution in [2.75, 3.05) is 18.4 Å². The smallest absolute Gasteiger partial charge is 0.239 e. The highest BCUT2D eigenvalue weighted by atomic mass is 16.1. The van der Waals surface area contributed by atoms with E-state index in [1.54, 1.807) is 6.20 Å². The van der Waals surface area contributed by atoms with Gasteiger partial charge in [-0.3, -0.25) is 4.79 Å². The van der Waals surface area contributed by atoms with Gasteiger partial charge in [0.1, 0.15) is 5.82 Å². The zero-order valence-electron chi connectivity index (χ0n) is 9.49. The number of hydrogen-bond acceptors (Lipinski definition) is 3. The standard InChI is InChI=1S/C12H17N3O/c1-9-3-2-6-14-12(9)15-11(16)8-13-7-10-4-5-10/h2-3,6,10,13H,4-5,7-8H2,1H3,(H,14,15,16). The summed E-state index contributed by atoms with van der Waals surface area (Å²) in [5.41, 5.74) is 0.984. The number of aromatic nitrogens is 1. The molecule has 4 heteroatoms. The van der Waals surface area contributed by atoms with Crippen LogP contribution in [0.1, 0.15) is 18.4 Å². The van der Waals surface area contributed by atoms with E-state index in [-0.39, 0.29) is 5.91 Å². The van der Waals surface area contributed by atoms with Crippen LogP contribution >= 0.6 is 0 Å². The minimum atomic E-state index is -0.0255. The van der Waals surface area contributed by atoms with Gasteiger partial charge in [0.25, 0.3) is 0 Å². The summed E-state index contributed by atoms with van der Waals surface area (Å²) >= 11 is 0. The zero-order chi connectivity index (χ0) is 11.4. The molecule has 1 aromatic heterocycles. The SMILES string of the molecule is Cc1cccnc1NC(=O)CNCC1CC1. The molecule has 4 nitrogen and oxygen atoms in total. The Morgan fingerprint density at radius 2 is 2.38 bits per heavy atom. The fraction of sp³-hybridized carbons (Fsp3) is 0.500. The number of amides is 1. The molecule has 0 saturated heterocycles. The van der Waals surface area contributed by atoms with E-state index in [0.717, 1.165) is 18.0 Å². The van der Waals surface area contributed by atoms with E-state index in [9.17, 15) is 4.79 Å². The molecular formula is C12H17N3O. The first-order chi connectivity index (χ1) is 7.75. The van der Waals surface area contributed by atoms with Crippen molar-refractivity contribution in [3.63, 3.8) is 0 Å². The van der Waals surface area contributed by atoms with Gasteiger partial charge in [0, 0.05) is 6.20 Å². The maximum absolute atomic E-state index is 11.6. The summed E-state index contributed by atoms with van der Waals surface area (Å²) < 4.78 is 0. The average molecular weight is 219 g/mol. The molecule has 1 aromatic rings. The Morgan fingerprint density at radius 1 is 1.56 bits per heavy atom. The minimum absolute atomic E-state index is 0.0255. The third-order valence-corrected chi connectivity index (χ3v) is 2.68. The quantitative estimate of drug-likeness (QED) is 0.785. The van der Waals surface area contributed by atoms with Gasteiger partial charge in [-0.2, -0.15) is 0 Å². The predicted octanol–water partition coefficient (Wildman–Crippen LogP) is 1.33. The molecule has 0 aromatic carbocycles. The van der Waals surface area contributed by atoms with Gasteiger partial charge in [-0.15, -0.1) is 0 Å². The second-order valence-electron chi connectivity index (χ2n) is 4.29. The van der Waals surface area contributed by atoms with E-state index in [1.165, 1.54) is 12.8 Å². The predicted molar refractivity (Wildman–Crippen MR) is 63.2 cm³/mol. The van der Waals surface area contributed by atoms with Gasteiger partial charge in [0.2, 0.25) is 5.91 Å². The first-order valence-electron chi connectivity index (χ1n) is 5.68. The highest BCUT2D eigenvalue weighted by Gasteiger charge is 2.20. The normalized spacial score (nSPS) is 14.8. The molecule has 2 N–H and O–H groups in total. The Hall–Kier alpha value is -1.42. The largest absolute Gasteiger partial charge is 0.309 e. The summed E-state index contributed by atoms with van der Waals surface area (Å²) in [6.45, 7) is 3.25. The lowest BCUT2D eigenvalue weighted by atomic mass is 10.3. The first kappa shape index (κ1) is 11.1. The number of hydrogen-bond donors (Lipinski definition) is 2. The van der Waals surface area contributed by atoms with Crippen LogP contribution in [0.4, 0.5) is 5.82 Å². The Morgan fingerprint density at radius 3 is 3.06 bits per heavy atom. The molecule has 2 rings (SSSR count). The van der Waals surface area contributed by atoms with Gasteiger partial charge in [-0.1, -0.05) is 6.07 Å². The molecule has 1 fully saturated rings. The van der Waals surface area contributed by atoms with Crippen LogP contribution in [0.15, 0.2) is 18.3 Å². The van der Waals surface area contributed by atoms with E-state index in [0.29, 0.717) is 12.4 Å². The molecule has 0 bridgehead atoms. The molecule has 0 atom stereocenters. The van der Waals surface area contributed by atoms with Gasteiger partial charge >= 0.3 is 0 Å². The third-order valence-electron chi connectivity index (χ3n) is 2.68. The third kappa shape index (κ3) is 3.31. The molecule has 0 unspecified atom stereocenters. The highest BCUT2D eigenvalue weighted by molar-refractivity contribution is 5.91. The molecule has 1 amide bonds. The summed E-state index contributed by atoms with van der Waals surface area (Å²) in [7, 11) is 0. The number of carbonyl (C=O) groups excluding carboxylic acids is 1. The van der Waals surface area contributed by atoms with E-state index in [2.05, 4.69) is 15.6 Å². The lowest BCUT2D eigenvalue weighted by molar-refractivity contribution is -0.115. The fourth-order valence-electron chi connectivity index (χ4n) is 1.50. The number of pyridine rings is 1. The van der Waals surface area contributed by atoms with Gasteiger partial charge in [-0.25, -0.2) is 4.98 Å². The molecule has 1 saturated carbocycles. The van der Waals surface area contributed by atoms with Crippen LogP contribution in [0.2, 0.25) is 0 Å². The number of carbonyl (C=O) groups is 1. The van der Waals surface area contributed by atoms with Gasteiger partial charge in [0.05, 0.1) is 6.54 Å². The van der Waals surface area contributed by atoms with Gasteiger partial charge in [-0.05, 0) is 43.9 Å². The van der Waals surface area contributed by atoms with Crippen LogP contribution < -0.4 is 10.6 Å². The molecule has 0 spiro atoms. The molecule has 1 aliphatic carbocycles. The second kappa shape index (κ2) is 5.07. The maximum Gasteiger partial charge on any atom is 0.239 e. The van der Waals surface area contributed by atoms with E-state index < -0.39 is 0 Å². The molecule has 86 valence electrons. The summed E-state index contributed by atoms with van der Waals surface area (Å²) in [5, 5.41) is 5.94. The summed E-state index contributed by atoms with van der Waals surface area (Å²) in [4.78, 5) is 15.7. The van der Waals surface area contributed by atoms with Crippen LogP contribution in [0.5, 0.6) is 0 Å². The van der Waals surface area contributed by atoms with E-state index in [1.807, 2.05) is 19.1 Å². The van der Waals surface area contributed by atoms with Crippen molar-refractivity contribution in [3.05, 3.63) is 23.9 Å². The molecule has 0 radical (unpaired) electrons. The first-order valence-corrected chi connectivity index (χ1v) is 5.68. The second-order valence-corrected chi connectivity index (χ2v) is 4.29. The Bertz CT molecular complexity index is 374. The van der Waals surface area contributed by atoms with Crippen molar-refractivity contribution in [3.8, 4) is 0 Å². The maximum atomic E-state index is 11.6. The topological polar surface area (TPSA) is 54.0 Å². The summed E-state index contributed by atoms with van der Waals surface area (Å²) in [5.74, 6) is 1.42. The molecule has 16 heavy (non-hydrogen) atoms. The van der Waals surface area contributed by atoms with Crippen molar-refractivity contribution in [1.29, 1.82) is 0 Å². The fourth-order valence-corrected chi connectivity index (χ4v) is 1.50. The van der Waals surface area contributed by atoms with Crippen LogP contribution in [-0.4, -0.2) is 24.0 Å². The zero-order valence-corrected chi connectivity index (χ0v) is 9.49. The number of rotatable bonds is 5. The van der Waals surface area contributed by atoms with Crippen LogP contribution in [-0.2, 0) is 4.79 Å². The lowest BCUT2D eigenvalue weighted by Gasteiger charge is -2.07. The summed E-state index contributed by atoms with van der Waals surface area (Å²) in [6.07, 6.45) is 4.28. The number of aryl methyl sites for hydroxylation is 1. The number of nitrogens with zero attached hydrogens (tertiary/aromatic N) is 1. The van der Waals surface area contributed by atoms with Crippen LogP contribution in [0.3, 0.4) is 0 Å². The van der Waals surface area contributed by atoms with Crippen molar-refractivity contribution in [1.82, 2.24) is 10.3 Å². The van der Waals surface area contributed by atoms with Crippen LogP contribution in [0, 0.1) is 12.8 Å². The van der Waals surface area contributed by atoms with Crippen LogP contribution in [0.25, 0.3) is 0 Å². The minimum Gasteiger partial charge on any atom is -0.309 e. The summed E-state index contributed by atoms with van der Waals surface area (Å²) in [6, 6.07) is 3.79. The number of anilines is 1. The molecular weight excluding hydrogens is 202 g/mol. The Balaban J connectivity index is 1.75. The van der Waals surface area contributed by atoms with Crippen molar-refractivity contribution >= 4 is 11.7 Å². The van der Waals surface area contributed by atoms with Crippen molar-refractivity contribution < 1.29 is 4.79 Å². The number of nitrogens with one attached hydrogen (secondary N) is 2. The van der Waals surface area contributed by atoms with Crippen molar-refractivity contribution in [2.45, 2.75) is 19.8 Å². The monoisotopic (exact) mass is 219 g/mol. The van der Waals surface area contributed by atoms with Crippen molar-refractivity contribution in [2.24, 2.45) is 5.92 Å². The van der Waals surface area contributed by atoms with Gasteiger partial charge in [0.15, 0.2) is 0 Å². The Kier molecular flexibility index (Phi) is 3.51. The highest BCUT2D eigenvalue weighted by Crippen LogP contribution is 2.27. The molecule has 1 heterocycles. The van der Waals surface area contributed by atoms with E-state index in [4.69, 9.17) is 0 Å². The van der Waals surface area contributed by atoms with E-state index >= 15 is 0 Å². The molecule has 0 aliphatic heterocycles. The lowest BCUT2D eigenvalue weighted by Crippen LogP contribution is -2.29. The average Bonchev–Trinajstić information content (AvgIpc) is 3.05. The van der Waals surface area contributed by atoms with Gasteiger partial charge < -0.3 is 10.6 Å².